The highest BCUT2D eigenvalue weighted by molar-refractivity contribution is 6.35. The molecule has 19 heavy (non-hydrogen) atoms. The number of hydrogen-bond donors (Lipinski definition) is 0. The molecule has 0 bridgehead atoms. The van der Waals surface area contributed by atoms with Crippen molar-refractivity contribution in [2.24, 2.45) is 5.92 Å². The van der Waals surface area contributed by atoms with E-state index in [0.29, 0.717) is 10.8 Å². The number of Topliss-reactive ketones (excluding diaryl/α,β-unsaturated/α-hetero) is 1. The fraction of sp³-hybridized carbons (Fsp3) is 0.312. The van der Waals surface area contributed by atoms with E-state index in [0.717, 1.165) is 17.2 Å². The molecule has 2 aromatic carbocycles. The lowest BCUT2D eigenvalue weighted by Gasteiger charge is -2.12. The molecule has 1 atom stereocenters. The van der Waals surface area contributed by atoms with E-state index in [1.165, 1.54) is 0 Å². The van der Waals surface area contributed by atoms with Gasteiger partial charge in [0.1, 0.15) is 12.4 Å². The Balaban J connectivity index is 2.22. The van der Waals surface area contributed by atoms with Crippen LogP contribution in [-0.2, 0) is 4.79 Å². The Bertz CT molecular complexity index is 592. The van der Waals surface area contributed by atoms with Crippen LogP contribution in [0.3, 0.4) is 0 Å². The van der Waals surface area contributed by atoms with Crippen LogP contribution < -0.4 is 4.74 Å². The summed E-state index contributed by atoms with van der Waals surface area (Å²) in [5, 5.41) is 2.57. The van der Waals surface area contributed by atoms with Crippen LogP contribution in [0.2, 0.25) is 5.02 Å². The van der Waals surface area contributed by atoms with Gasteiger partial charge in [-0.2, -0.15) is 0 Å². The number of benzene rings is 2. The second-order valence-corrected chi connectivity index (χ2v) is 5.06. The molecule has 0 fully saturated rings. The van der Waals surface area contributed by atoms with E-state index in [2.05, 4.69) is 0 Å². The highest BCUT2D eigenvalue weighted by atomic mass is 35.5. The van der Waals surface area contributed by atoms with Crippen LogP contribution >= 0.6 is 11.6 Å². The first-order valence-electron chi connectivity index (χ1n) is 6.46. The largest absolute Gasteiger partial charge is 0.485 e. The van der Waals surface area contributed by atoms with E-state index in [1.54, 1.807) is 6.07 Å². The van der Waals surface area contributed by atoms with Gasteiger partial charge in [-0.05, 0) is 18.6 Å². The van der Waals surface area contributed by atoms with Crippen LogP contribution in [0, 0.1) is 5.92 Å². The molecule has 1 unspecified atom stereocenters. The van der Waals surface area contributed by atoms with E-state index >= 15 is 0 Å². The van der Waals surface area contributed by atoms with Gasteiger partial charge in [0.25, 0.3) is 0 Å². The summed E-state index contributed by atoms with van der Waals surface area (Å²) in [7, 11) is 0. The van der Waals surface area contributed by atoms with Crippen LogP contribution in [-0.4, -0.2) is 12.4 Å². The van der Waals surface area contributed by atoms with Gasteiger partial charge in [0.15, 0.2) is 5.78 Å². The molecule has 0 saturated heterocycles. The minimum absolute atomic E-state index is 0.0403. The highest BCUT2D eigenvalue weighted by Gasteiger charge is 2.12. The molecular formula is C16H17ClO2. The molecule has 0 radical (unpaired) electrons. The fourth-order valence-corrected chi connectivity index (χ4v) is 2.11. The maximum Gasteiger partial charge on any atom is 0.172 e. The Morgan fingerprint density at radius 3 is 2.58 bits per heavy atom. The van der Waals surface area contributed by atoms with E-state index < -0.39 is 0 Å². The minimum atomic E-state index is 0.0403. The van der Waals surface area contributed by atoms with Gasteiger partial charge in [0.2, 0.25) is 0 Å². The smallest absolute Gasteiger partial charge is 0.172 e. The first kappa shape index (κ1) is 13.9. The number of halogens is 1. The van der Waals surface area contributed by atoms with Crippen molar-refractivity contribution < 1.29 is 9.53 Å². The molecule has 2 rings (SSSR count). The molecule has 0 saturated carbocycles. The summed E-state index contributed by atoms with van der Waals surface area (Å²) in [4.78, 5) is 11.8. The second kappa shape index (κ2) is 6.07. The summed E-state index contributed by atoms with van der Waals surface area (Å²) in [6.07, 6.45) is 0.837. The topological polar surface area (TPSA) is 26.3 Å². The minimum Gasteiger partial charge on any atom is -0.485 e. The maximum atomic E-state index is 11.8. The predicted molar refractivity (Wildman–Crippen MR) is 78.9 cm³/mol. The Labute approximate surface area is 118 Å². The van der Waals surface area contributed by atoms with E-state index in [9.17, 15) is 4.79 Å². The standard InChI is InChI=1S/C16H17ClO2/c1-3-11(2)15(18)10-19-16-9-8-14(17)12-6-4-5-7-13(12)16/h4-9,11H,3,10H2,1-2H3. The number of carbonyl (C=O) groups is 1. The van der Waals surface area contributed by atoms with Crippen molar-refractivity contribution in [2.45, 2.75) is 20.3 Å². The van der Waals surface area contributed by atoms with Crippen molar-refractivity contribution in [3.63, 3.8) is 0 Å². The molecule has 0 spiro atoms. The number of carbonyl (C=O) groups excluding carboxylic acids is 1. The predicted octanol–water partition coefficient (Wildman–Crippen LogP) is 4.49. The van der Waals surface area contributed by atoms with Gasteiger partial charge in [0.05, 0.1) is 0 Å². The van der Waals surface area contributed by atoms with Crippen LogP contribution in [0.1, 0.15) is 20.3 Å². The lowest BCUT2D eigenvalue weighted by Crippen LogP contribution is -2.18. The number of ketones is 1. The molecule has 0 aliphatic rings. The van der Waals surface area contributed by atoms with Gasteiger partial charge in [-0.3, -0.25) is 4.79 Å². The summed E-state index contributed by atoms with van der Waals surface area (Å²) < 4.78 is 5.65. The molecular weight excluding hydrogens is 260 g/mol. The number of rotatable bonds is 5. The van der Waals surface area contributed by atoms with Crippen LogP contribution in [0.25, 0.3) is 10.8 Å². The Morgan fingerprint density at radius 2 is 1.89 bits per heavy atom. The first-order valence-corrected chi connectivity index (χ1v) is 6.84. The van der Waals surface area contributed by atoms with Gasteiger partial charge >= 0.3 is 0 Å². The van der Waals surface area contributed by atoms with Crippen molar-refractivity contribution in [3.05, 3.63) is 41.4 Å². The summed E-state index contributed by atoms with van der Waals surface area (Å²) in [5.74, 6) is 0.872. The zero-order valence-corrected chi connectivity index (χ0v) is 11.9. The van der Waals surface area contributed by atoms with Crippen molar-refractivity contribution in [1.29, 1.82) is 0 Å². The summed E-state index contributed by atoms with van der Waals surface area (Å²) in [6.45, 7) is 4.03. The monoisotopic (exact) mass is 276 g/mol. The molecule has 0 aromatic heterocycles. The Morgan fingerprint density at radius 1 is 1.21 bits per heavy atom. The molecule has 0 aliphatic heterocycles. The van der Waals surface area contributed by atoms with Crippen molar-refractivity contribution in [2.75, 3.05) is 6.61 Å². The van der Waals surface area contributed by atoms with Crippen LogP contribution in [0.15, 0.2) is 36.4 Å². The summed E-state index contributed by atoms with van der Waals surface area (Å²) in [5.41, 5.74) is 0. The van der Waals surface area contributed by atoms with E-state index in [-0.39, 0.29) is 18.3 Å². The quantitative estimate of drug-likeness (QED) is 0.804. The average Bonchev–Trinajstić information content (AvgIpc) is 2.45. The molecule has 2 aromatic rings. The summed E-state index contributed by atoms with van der Waals surface area (Å²) in [6, 6.07) is 11.4. The average molecular weight is 277 g/mol. The molecule has 0 aliphatic carbocycles. The van der Waals surface area contributed by atoms with Crippen molar-refractivity contribution >= 4 is 28.2 Å². The maximum absolute atomic E-state index is 11.8. The van der Waals surface area contributed by atoms with Gasteiger partial charge < -0.3 is 4.74 Å². The number of fused-ring (bicyclic) bond motifs is 1. The zero-order valence-electron chi connectivity index (χ0n) is 11.2. The van der Waals surface area contributed by atoms with Crippen molar-refractivity contribution in [1.82, 2.24) is 0 Å². The van der Waals surface area contributed by atoms with Crippen molar-refractivity contribution in [3.8, 4) is 5.75 Å². The molecule has 0 N–H and O–H groups in total. The molecule has 100 valence electrons. The number of ether oxygens (including phenoxy) is 1. The third kappa shape index (κ3) is 3.07. The highest BCUT2D eigenvalue weighted by Crippen LogP contribution is 2.31. The first-order chi connectivity index (χ1) is 9.13. The Kier molecular flexibility index (Phi) is 4.43. The lowest BCUT2D eigenvalue weighted by molar-refractivity contribution is -0.124. The Hall–Kier alpha value is -1.54. The SMILES string of the molecule is CCC(C)C(=O)COc1ccc(Cl)c2ccccc12. The van der Waals surface area contributed by atoms with E-state index in [4.69, 9.17) is 16.3 Å². The third-order valence-electron chi connectivity index (χ3n) is 3.36. The van der Waals surface area contributed by atoms with Gasteiger partial charge in [0, 0.05) is 21.7 Å². The lowest BCUT2D eigenvalue weighted by atomic mass is 10.0. The van der Waals surface area contributed by atoms with E-state index in [1.807, 2.05) is 44.2 Å². The molecule has 0 heterocycles. The number of hydrogen-bond acceptors (Lipinski definition) is 2. The molecule has 0 amide bonds. The van der Waals surface area contributed by atoms with Gasteiger partial charge in [-0.25, -0.2) is 0 Å². The zero-order chi connectivity index (χ0) is 13.8. The van der Waals surface area contributed by atoms with Gasteiger partial charge in [-0.15, -0.1) is 0 Å². The second-order valence-electron chi connectivity index (χ2n) is 4.66. The molecule has 3 heteroatoms. The normalized spacial score (nSPS) is 12.4. The third-order valence-corrected chi connectivity index (χ3v) is 3.69. The van der Waals surface area contributed by atoms with Crippen LogP contribution in [0.4, 0.5) is 0 Å². The summed E-state index contributed by atoms with van der Waals surface area (Å²) >= 11 is 6.14. The molecule has 2 nitrogen and oxygen atoms in total. The fourth-order valence-electron chi connectivity index (χ4n) is 1.88. The van der Waals surface area contributed by atoms with Gasteiger partial charge in [-0.1, -0.05) is 49.7 Å². The van der Waals surface area contributed by atoms with Crippen LogP contribution in [0.5, 0.6) is 5.75 Å².